The van der Waals surface area contributed by atoms with Crippen molar-refractivity contribution in [3.63, 3.8) is 0 Å². The number of hydrogen-bond donors (Lipinski definition) is 1. The Kier molecular flexibility index (Phi) is 4.73. The monoisotopic (exact) mass is 317 g/mol. The third kappa shape index (κ3) is 3.16. The Hall–Kier alpha value is -0.230. The van der Waals surface area contributed by atoms with Crippen LogP contribution in [0, 0.1) is 0 Å². The Morgan fingerprint density at radius 1 is 1.59 bits per heavy atom. The van der Waals surface area contributed by atoms with Gasteiger partial charge in [0.2, 0.25) is 0 Å². The van der Waals surface area contributed by atoms with E-state index in [-0.39, 0.29) is 12.4 Å². The molecule has 94 valence electrons. The maximum atomic E-state index is 12.1. The number of hydrogen-bond acceptors (Lipinski definition) is 4. The standard InChI is InChI=1S/C12H16BrNO2S/c13-10-4-7-17-12(10)11(16)8-14(5-6-15)9-2-1-3-9/h4,7,9,15H,1-3,5-6,8H2. The lowest BCUT2D eigenvalue weighted by atomic mass is 9.91. The highest BCUT2D eigenvalue weighted by Gasteiger charge is 2.27. The molecule has 5 heteroatoms. The molecule has 0 unspecified atom stereocenters. The molecule has 1 fully saturated rings. The van der Waals surface area contributed by atoms with Gasteiger partial charge in [-0.05, 0) is 40.2 Å². The zero-order valence-electron chi connectivity index (χ0n) is 9.56. The second kappa shape index (κ2) is 6.09. The number of Topliss-reactive ketones (excluding diaryl/α,β-unsaturated/α-hetero) is 1. The van der Waals surface area contributed by atoms with E-state index in [0.717, 1.165) is 22.2 Å². The van der Waals surface area contributed by atoms with Crippen LogP contribution < -0.4 is 0 Å². The van der Waals surface area contributed by atoms with Crippen LogP contribution in [0.5, 0.6) is 0 Å². The molecule has 1 aromatic rings. The molecule has 1 aliphatic rings. The molecule has 0 atom stereocenters. The quantitative estimate of drug-likeness (QED) is 0.820. The fourth-order valence-corrected chi connectivity index (χ4v) is 3.55. The van der Waals surface area contributed by atoms with E-state index in [0.29, 0.717) is 19.1 Å². The molecular weight excluding hydrogens is 302 g/mol. The maximum Gasteiger partial charge on any atom is 0.187 e. The fourth-order valence-electron chi connectivity index (χ4n) is 2.02. The summed E-state index contributed by atoms with van der Waals surface area (Å²) in [4.78, 5) is 15.0. The van der Waals surface area contributed by atoms with Gasteiger partial charge in [-0.3, -0.25) is 9.69 Å². The lowest BCUT2D eigenvalue weighted by molar-refractivity contribution is 0.0750. The van der Waals surface area contributed by atoms with Gasteiger partial charge in [-0.15, -0.1) is 11.3 Å². The van der Waals surface area contributed by atoms with E-state index in [9.17, 15) is 4.79 Å². The van der Waals surface area contributed by atoms with E-state index >= 15 is 0 Å². The van der Waals surface area contributed by atoms with Crippen molar-refractivity contribution < 1.29 is 9.90 Å². The van der Waals surface area contributed by atoms with E-state index in [1.165, 1.54) is 17.8 Å². The van der Waals surface area contributed by atoms with Crippen LogP contribution in [0.15, 0.2) is 15.9 Å². The van der Waals surface area contributed by atoms with Gasteiger partial charge >= 0.3 is 0 Å². The Morgan fingerprint density at radius 3 is 2.82 bits per heavy atom. The highest BCUT2D eigenvalue weighted by atomic mass is 79.9. The van der Waals surface area contributed by atoms with E-state index in [4.69, 9.17) is 5.11 Å². The topological polar surface area (TPSA) is 40.5 Å². The number of nitrogens with zero attached hydrogens (tertiary/aromatic N) is 1. The molecule has 0 amide bonds. The summed E-state index contributed by atoms with van der Waals surface area (Å²) in [6, 6.07) is 2.39. The van der Waals surface area contributed by atoms with Crippen molar-refractivity contribution in [1.29, 1.82) is 0 Å². The average Bonchev–Trinajstić information content (AvgIpc) is 2.62. The van der Waals surface area contributed by atoms with Crippen LogP contribution in [-0.4, -0.2) is 41.5 Å². The fraction of sp³-hybridized carbons (Fsp3) is 0.583. The molecular formula is C12H16BrNO2S. The zero-order chi connectivity index (χ0) is 12.3. The summed E-state index contributed by atoms with van der Waals surface area (Å²) >= 11 is 4.86. The van der Waals surface area contributed by atoms with Gasteiger partial charge in [-0.25, -0.2) is 0 Å². The highest BCUT2D eigenvalue weighted by Crippen LogP contribution is 2.27. The Labute approximate surface area is 114 Å². The predicted octanol–water partition coefficient (Wildman–Crippen LogP) is 2.54. The number of carbonyl (C=O) groups is 1. The molecule has 1 saturated carbocycles. The van der Waals surface area contributed by atoms with Gasteiger partial charge in [-0.1, -0.05) is 6.42 Å². The molecule has 0 spiro atoms. The Morgan fingerprint density at radius 2 is 2.35 bits per heavy atom. The number of rotatable bonds is 6. The summed E-state index contributed by atoms with van der Waals surface area (Å²) in [5.41, 5.74) is 0. The van der Waals surface area contributed by atoms with Gasteiger partial charge in [0.1, 0.15) is 0 Å². The third-order valence-electron chi connectivity index (χ3n) is 3.20. The molecule has 1 aromatic heterocycles. The van der Waals surface area contributed by atoms with E-state index in [1.54, 1.807) is 0 Å². The average molecular weight is 318 g/mol. The van der Waals surface area contributed by atoms with E-state index < -0.39 is 0 Å². The number of thiophene rings is 1. The maximum absolute atomic E-state index is 12.1. The SMILES string of the molecule is O=C(CN(CCO)C1CCC1)c1sccc1Br. The van der Waals surface area contributed by atoms with Crippen LogP contribution >= 0.6 is 27.3 Å². The zero-order valence-corrected chi connectivity index (χ0v) is 12.0. The van der Waals surface area contributed by atoms with Crippen LogP contribution in [0.2, 0.25) is 0 Å². The number of ketones is 1. The minimum absolute atomic E-state index is 0.120. The van der Waals surface area contributed by atoms with Crippen LogP contribution in [0.25, 0.3) is 0 Å². The summed E-state index contributed by atoms with van der Waals surface area (Å²) in [6.45, 7) is 1.14. The molecule has 3 nitrogen and oxygen atoms in total. The lowest BCUT2D eigenvalue weighted by Gasteiger charge is -2.36. The molecule has 1 heterocycles. The van der Waals surface area contributed by atoms with Crippen LogP contribution in [0.3, 0.4) is 0 Å². The summed E-state index contributed by atoms with van der Waals surface area (Å²) in [7, 11) is 0. The second-order valence-electron chi connectivity index (χ2n) is 4.30. The predicted molar refractivity (Wildman–Crippen MR) is 72.6 cm³/mol. The number of carbonyl (C=O) groups excluding carboxylic acids is 1. The van der Waals surface area contributed by atoms with Gasteiger partial charge in [0.15, 0.2) is 5.78 Å². The van der Waals surface area contributed by atoms with Crippen molar-refractivity contribution in [3.05, 3.63) is 20.8 Å². The van der Waals surface area contributed by atoms with Gasteiger partial charge in [0, 0.05) is 17.1 Å². The largest absolute Gasteiger partial charge is 0.395 e. The highest BCUT2D eigenvalue weighted by molar-refractivity contribution is 9.10. The van der Waals surface area contributed by atoms with Crippen molar-refractivity contribution in [1.82, 2.24) is 4.90 Å². The molecule has 1 N–H and O–H groups in total. The van der Waals surface area contributed by atoms with Crippen LogP contribution in [0.4, 0.5) is 0 Å². The van der Waals surface area contributed by atoms with Crippen molar-refractivity contribution in [3.8, 4) is 0 Å². The normalized spacial score (nSPS) is 16.2. The number of halogens is 1. The first-order chi connectivity index (χ1) is 8.22. The first-order valence-electron chi connectivity index (χ1n) is 5.83. The van der Waals surface area contributed by atoms with Crippen molar-refractivity contribution in [2.75, 3.05) is 19.7 Å². The summed E-state index contributed by atoms with van der Waals surface area (Å²) in [5.74, 6) is 0.146. The van der Waals surface area contributed by atoms with Gasteiger partial charge in [-0.2, -0.15) is 0 Å². The Balaban J connectivity index is 1.97. The summed E-state index contributed by atoms with van der Waals surface area (Å²) < 4.78 is 0.880. The van der Waals surface area contributed by atoms with Crippen LogP contribution in [-0.2, 0) is 0 Å². The molecule has 2 rings (SSSR count). The van der Waals surface area contributed by atoms with Crippen LogP contribution in [0.1, 0.15) is 28.9 Å². The molecule has 17 heavy (non-hydrogen) atoms. The summed E-state index contributed by atoms with van der Waals surface area (Å²) in [6.07, 6.45) is 3.54. The minimum Gasteiger partial charge on any atom is -0.395 e. The molecule has 0 aliphatic heterocycles. The van der Waals surface area contributed by atoms with E-state index in [1.807, 2.05) is 11.4 Å². The Bertz CT molecular complexity index is 390. The number of aliphatic hydroxyl groups excluding tert-OH is 1. The van der Waals surface area contributed by atoms with E-state index in [2.05, 4.69) is 20.8 Å². The molecule has 0 bridgehead atoms. The van der Waals surface area contributed by atoms with Gasteiger partial charge < -0.3 is 5.11 Å². The van der Waals surface area contributed by atoms with Gasteiger partial charge in [0.05, 0.1) is 18.0 Å². The molecule has 0 aromatic carbocycles. The van der Waals surface area contributed by atoms with Crippen molar-refractivity contribution in [2.45, 2.75) is 25.3 Å². The number of aliphatic hydroxyl groups is 1. The molecule has 0 radical (unpaired) electrons. The van der Waals surface area contributed by atoms with Gasteiger partial charge in [0.25, 0.3) is 0 Å². The molecule has 1 aliphatic carbocycles. The molecule has 0 saturated heterocycles. The lowest BCUT2D eigenvalue weighted by Crippen LogP contribution is -2.44. The smallest absolute Gasteiger partial charge is 0.187 e. The third-order valence-corrected chi connectivity index (χ3v) is 5.07. The minimum atomic E-state index is 0.120. The second-order valence-corrected chi connectivity index (χ2v) is 6.07. The van der Waals surface area contributed by atoms with Crippen molar-refractivity contribution in [2.24, 2.45) is 0 Å². The van der Waals surface area contributed by atoms with Crippen molar-refractivity contribution >= 4 is 33.0 Å². The first-order valence-corrected chi connectivity index (χ1v) is 7.50. The summed E-state index contributed by atoms with van der Waals surface area (Å²) in [5, 5.41) is 11.0. The first kappa shape index (κ1) is 13.2.